The van der Waals surface area contributed by atoms with Crippen LogP contribution in [0.1, 0.15) is 37.8 Å². The fourth-order valence-corrected chi connectivity index (χ4v) is 6.02. The van der Waals surface area contributed by atoms with Gasteiger partial charge in [0.2, 0.25) is 5.91 Å². The molecule has 0 radical (unpaired) electrons. The zero-order valence-electron chi connectivity index (χ0n) is 24.3. The van der Waals surface area contributed by atoms with Crippen LogP contribution in [0.3, 0.4) is 0 Å². The van der Waals surface area contributed by atoms with E-state index in [1.807, 2.05) is 38.9 Å². The topological polar surface area (TPSA) is 129 Å². The van der Waals surface area contributed by atoms with Gasteiger partial charge in [-0.3, -0.25) is 19.4 Å². The number of amides is 3. The molecule has 13 heteroatoms. The fraction of sp³-hybridized carbons (Fsp3) is 0.552. The summed E-state index contributed by atoms with van der Waals surface area (Å²) in [6.07, 6.45) is 3.69. The number of carbonyl (C=O) groups excluding carboxylic acids is 3. The van der Waals surface area contributed by atoms with Gasteiger partial charge in [-0.25, -0.2) is 19.2 Å². The number of likely N-dealkylation sites (N-methyl/N-ethyl adjacent to an activating group) is 1. The van der Waals surface area contributed by atoms with Crippen LogP contribution >= 0.6 is 0 Å². The lowest BCUT2D eigenvalue weighted by Crippen LogP contribution is -2.48. The van der Waals surface area contributed by atoms with Gasteiger partial charge in [0.15, 0.2) is 18.2 Å². The number of nitrogens with zero attached hydrogens (tertiary/aromatic N) is 5. The van der Waals surface area contributed by atoms with Crippen molar-refractivity contribution >= 4 is 35.2 Å². The molecule has 0 saturated carbocycles. The number of halogens is 1. The van der Waals surface area contributed by atoms with Crippen LogP contribution < -0.4 is 20.3 Å². The molecule has 1 spiro atoms. The van der Waals surface area contributed by atoms with Crippen molar-refractivity contribution in [2.45, 2.75) is 50.7 Å². The zero-order chi connectivity index (χ0) is 29.8. The van der Waals surface area contributed by atoms with Gasteiger partial charge in [-0.05, 0) is 70.0 Å². The summed E-state index contributed by atoms with van der Waals surface area (Å²) in [5.74, 6) is 0.180. The zero-order valence-corrected chi connectivity index (χ0v) is 24.3. The van der Waals surface area contributed by atoms with Crippen molar-refractivity contribution in [3.63, 3.8) is 0 Å². The average molecular weight is 582 g/mol. The number of carbonyl (C=O) groups is 3. The number of hydrogen-bond donors (Lipinski definition) is 2. The number of ether oxygens (including phenoxy) is 2. The second-order valence-corrected chi connectivity index (χ2v) is 12.4. The number of aromatic nitrogens is 2. The molecule has 4 aliphatic rings. The number of piperidine rings is 1. The maximum absolute atomic E-state index is 15.1. The second-order valence-electron chi connectivity index (χ2n) is 12.4. The largest absolute Gasteiger partial charge is 0.465 e. The maximum Gasteiger partial charge on any atom is 0.416 e. The molecule has 1 atom stereocenters. The van der Waals surface area contributed by atoms with Crippen molar-refractivity contribution in [3.8, 4) is 5.88 Å². The molecule has 42 heavy (non-hydrogen) atoms. The van der Waals surface area contributed by atoms with Crippen molar-refractivity contribution < 1.29 is 28.2 Å². The third kappa shape index (κ3) is 5.26. The Labute approximate surface area is 243 Å². The Morgan fingerprint density at radius 2 is 2.00 bits per heavy atom. The van der Waals surface area contributed by atoms with E-state index >= 15 is 4.39 Å². The van der Waals surface area contributed by atoms with Crippen molar-refractivity contribution in [2.24, 2.45) is 5.92 Å². The minimum Gasteiger partial charge on any atom is -0.465 e. The Morgan fingerprint density at radius 1 is 1.24 bits per heavy atom. The standard InChI is InChI=1S/C29H36FN7O5/c1-28(2,35(3)4)26(39)32-19-11-18-9-17(10-20(18)21(30)12-19)14-36-7-5-29(6-8-36)16-37(27(40)42-29)22-13-31-25-24(33-22)34-23(38)15-41-25/h11-13,17H,5-10,14-16H2,1-4H3,(H,32,39)(H,33,34,38). The highest BCUT2D eigenvalue weighted by Gasteiger charge is 2.48. The molecule has 2 saturated heterocycles. The van der Waals surface area contributed by atoms with Gasteiger partial charge in [-0.2, -0.15) is 0 Å². The van der Waals surface area contributed by atoms with Crippen LogP contribution in [-0.4, -0.2) is 95.7 Å². The number of likely N-dealkylation sites (tertiary alicyclic amines) is 1. The predicted octanol–water partition coefficient (Wildman–Crippen LogP) is 2.43. The Balaban J connectivity index is 1.04. The lowest BCUT2D eigenvalue weighted by Gasteiger charge is -2.38. The highest BCUT2D eigenvalue weighted by Crippen LogP contribution is 2.38. The summed E-state index contributed by atoms with van der Waals surface area (Å²) in [4.78, 5) is 51.4. The summed E-state index contributed by atoms with van der Waals surface area (Å²) in [5, 5.41) is 5.50. The number of benzene rings is 1. The van der Waals surface area contributed by atoms with E-state index in [-0.39, 0.29) is 41.9 Å². The summed E-state index contributed by atoms with van der Waals surface area (Å²) < 4.78 is 26.2. The molecule has 224 valence electrons. The first-order valence-electron chi connectivity index (χ1n) is 14.3. The molecule has 1 aromatic heterocycles. The first-order valence-corrected chi connectivity index (χ1v) is 14.3. The summed E-state index contributed by atoms with van der Waals surface area (Å²) in [7, 11) is 3.67. The molecular weight excluding hydrogens is 545 g/mol. The van der Waals surface area contributed by atoms with Crippen molar-refractivity contribution in [3.05, 3.63) is 35.3 Å². The van der Waals surface area contributed by atoms with Gasteiger partial charge in [0.25, 0.3) is 11.8 Å². The number of rotatable bonds is 6. The molecule has 4 heterocycles. The summed E-state index contributed by atoms with van der Waals surface area (Å²) in [6, 6.07) is 3.32. The van der Waals surface area contributed by atoms with Crippen molar-refractivity contribution in [1.29, 1.82) is 0 Å². The molecule has 1 unspecified atom stereocenters. The molecule has 2 fully saturated rings. The lowest BCUT2D eigenvalue weighted by atomic mass is 9.90. The van der Waals surface area contributed by atoms with Crippen LogP contribution in [0.4, 0.5) is 26.5 Å². The number of nitrogens with one attached hydrogen (secondary N) is 2. The van der Waals surface area contributed by atoms with Crippen LogP contribution in [0.15, 0.2) is 18.3 Å². The van der Waals surface area contributed by atoms with Crippen LogP contribution in [0, 0.1) is 11.7 Å². The van der Waals surface area contributed by atoms with Crippen LogP contribution in [-0.2, 0) is 27.2 Å². The smallest absolute Gasteiger partial charge is 0.416 e. The first-order chi connectivity index (χ1) is 19.9. The minimum atomic E-state index is -0.727. The molecule has 2 N–H and O–H groups in total. The van der Waals surface area contributed by atoms with Gasteiger partial charge >= 0.3 is 6.09 Å². The molecule has 0 bridgehead atoms. The molecule has 12 nitrogen and oxygen atoms in total. The molecule has 6 rings (SSSR count). The molecule has 1 aliphatic carbocycles. The van der Waals surface area contributed by atoms with Crippen LogP contribution in [0.25, 0.3) is 0 Å². The van der Waals surface area contributed by atoms with E-state index in [1.54, 1.807) is 0 Å². The molecule has 3 amide bonds. The monoisotopic (exact) mass is 581 g/mol. The van der Waals surface area contributed by atoms with Gasteiger partial charge in [0.05, 0.1) is 18.3 Å². The SMILES string of the molecule is CN(C)C(C)(C)C(=O)Nc1cc(F)c2c(c1)CC(CN1CCC3(CC1)CN(c1cnc4c(n1)NC(=O)CO4)C(=O)O3)C2. The average Bonchev–Trinajstić information content (AvgIpc) is 3.49. The molecular formula is C29H36FN7O5. The van der Waals surface area contributed by atoms with Gasteiger partial charge in [-0.15, -0.1) is 0 Å². The van der Waals surface area contributed by atoms with Crippen LogP contribution in [0.2, 0.25) is 0 Å². The van der Waals surface area contributed by atoms with Gasteiger partial charge < -0.3 is 25.0 Å². The Hall–Kier alpha value is -3.84. The van der Waals surface area contributed by atoms with Gasteiger partial charge in [-0.1, -0.05) is 0 Å². The van der Waals surface area contributed by atoms with Gasteiger partial charge in [0.1, 0.15) is 11.4 Å². The van der Waals surface area contributed by atoms with E-state index in [1.165, 1.54) is 17.2 Å². The highest BCUT2D eigenvalue weighted by atomic mass is 19.1. The maximum atomic E-state index is 15.1. The Bertz CT molecular complexity index is 1440. The van der Waals surface area contributed by atoms with E-state index in [2.05, 4.69) is 25.5 Å². The summed E-state index contributed by atoms with van der Waals surface area (Å²) in [6.45, 7) is 6.19. The normalized spacial score (nSPS) is 21.6. The first kappa shape index (κ1) is 28.3. The lowest BCUT2D eigenvalue weighted by molar-refractivity contribution is -0.124. The van der Waals surface area contributed by atoms with Crippen molar-refractivity contribution in [1.82, 2.24) is 19.8 Å². The summed E-state index contributed by atoms with van der Waals surface area (Å²) >= 11 is 0. The van der Waals surface area contributed by atoms with E-state index in [4.69, 9.17) is 9.47 Å². The third-order valence-corrected chi connectivity index (χ3v) is 9.08. The highest BCUT2D eigenvalue weighted by molar-refractivity contribution is 5.97. The van der Waals surface area contributed by atoms with E-state index < -0.39 is 17.2 Å². The fourth-order valence-electron chi connectivity index (χ4n) is 6.02. The van der Waals surface area contributed by atoms with Crippen molar-refractivity contribution in [2.75, 3.05) is 62.4 Å². The Morgan fingerprint density at radius 3 is 2.74 bits per heavy atom. The number of fused-ring (bicyclic) bond motifs is 2. The van der Waals surface area contributed by atoms with E-state index in [0.717, 1.165) is 37.2 Å². The van der Waals surface area contributed by atoms with E-state index in [0.29, 0.717) is 37.3 Å². The quantitative estimate of drug-likeness (QED) is 0.529. The molecule has 3 aliphatic heterocycles. The third-order valence-electron chi connectivity index (χ3n) is 9.08. The van der Waals surface area contributed by atoms with Gasteiger partial charge in [0, 0.05) is 38.2 Å². The second kappa shape index (κ2) is 10.5. The predicted molar refractivity (Wildman–Crippen MR) is 152 cm³/mol. The van der Waals surface area contributed by atoms with E-state index in [9.17, 15) is 14.4 Å². The Kier molecular flexibility index (Phi) is 7.04. The minimum absolute atomic E-state index is 0.122. The number of anilines is 3. The number of hydrogen-bond acceptors (Lipinski definition) is 9. The molecule has 2 aromatic rings. The molecule has 1 aromatic carbocycles. The van der Waals surface area contributed by atoms with Crippen LogP contribution in [0.5, 0.6) is 5.88 Å². The summed E-state index contributed by atoms with van der Waals surface area (Å²) in [5.41, 5.74) is 0.807.